The van der Waals surface area contributed by atoms with Gasteiger partial charge in [-0.1, -0.05) is 30.3 Å². The van der Waals surface area contributed by atoms with Crippen LogP contribution in [0.3, 0.4) is 0 Å². The molecule has 0 radical (unpaired) electrons. The molecule has 2 nitrogen and oxygen atoms in total. The highest BCUT2D eigenvalue weighted by atomic mass is 79.9. The van der Waals surface area contributed by atoms with Crippen LogP contribution < -0.4 is 5.32 Å². The van der Waals surface area contributed by atoms with Crippen molar-refractivity contribution in [2.75, 3.05) is 5.32 Å². The zero-order valence-corrected chi connectivity index (χ0v) is 12.8. The number of hydrogen-bond donors (Lipinski definition) is 1. The molecule has 0 bridgehead atoms. The van der Waals surface area contributed by atoms with E-state index in [2.05, 4.69) is 21.2 Å². The molecule has 1 N–H and O–H groups in total. The average molecular weight is 354 g/mol. The van der Waals surface area contributed by atoms with E-state index >= 15 is 0 Å². The van der Waals surface area contributed by atoms with Crippen molar-refractivity contribution in [1.29, 1.82) is 0 Å². The van der Waals surface area contributed by atoms with Crippen LogP contribution in [0, 0.1) is 11.6 Å². The van der Waals surface area contributed by atoms with Gasteiger partial charge >= 0.3 is 0 Å². The van der Waals surface area contributed by atoms with Gasteiger partial charge in [0.1, 0.15) is 11.6 Å². The van der Waals surface area contributed by atoms with Gasteiger partial charge in [0.2, 0.25) is 5.91 Å². The lowest BCUT2D eigenvalue weighted by Crippen LogP contribution is -2.13. The van der Waals surface area contributed by atoms with Gasteiger partial charge in [-0.2, -0.15) is 0 Å². The number of aryl methyl sites for hydroxylation is 1. The van der Waals surface area contributed by atoms with Crippen molar-refractivity contribution in [3.05, 3.63) is 64.1 Å². The zero-order valence-electron chi connectivity index (χ0n) is 11.2. The lowest BCUT2D eigenvalue weighted by molar-refractivity contribution is -0.116. The normalized spacial score (nSPS) is 10.4. The first kappa shape index (κ1) is 15.6. The fraction of sp³-hybridized carbons (Fsp3) is 0.188. The summed E-state index contributed by atoms with van der Waals surface area (Å²) in [5, 5.41) is 2.39. The summed E-state index contributed by atoms with van der Waals surface area (Å²) in [5.74, 6) is -1.61. The molecule has 0 unspecified atom stereocenters. The van der Waals surface area contributed by atoms with E-state index in [0.29, 0.717) is 6.42 Å². The van der Waals surface area contributed by atoms with E-state index in [1.54, 1.807) is 0 Å². The maximum absolute atomic E-state index is 13.6. The average Bonchev–Trinajstić information content (AvgIpc) is 2.46. The van der Waals surface area contributed by atoms with Gasteiger partial charge in [0.15, 0.2) is 0 Å². The van der Waals surface area contributed by atoms with Gasteiger partial charge in [-0.05, 0) is 40.4 Å². The Labute approximate surface area is 130 Å². The highest BCUT2D eigenvalue weighted by Gasteiger charge is 2.11. The molecule has 0 aromatic heterocycles. The molecule has 21 heavy (non-hydrogen) atoms. The zero-order chi connectivity index (χ0) is 15.2. The Morgan fingerprint density at radius 3 is 2.52 bits per heavy atom. The Morgan fingerprint density at radius 2 is 1.81 bits per heavy atom. The molecule has 0 saturated carbocycles. The summed E-state index contributed by atoms with van der Waals surface area (Å²) in [5.41, 5.74) is 1.01. The number of carbonyl (C=O) groups is 1. The summed E-state index contributed by atoms with van der Waals surface area (Å²) >= 11 is 2.89. The fourth-order valence-corrected chi connectivity index (χ4v) is 2.24. The molecule has 0 saturated heterocycles. The van der Waals surface area contributed by atoms with E-state index in [0.717, 1.165) is 24.1 Å². The maximum atomic E-state index is 13.6. The Bertz CT molecular complexity index is 632. The van der Waals surface area contributed by atoms with Gasteiger partial charge in [-0.15, -0.1) is 0 Å². The number of anilines is 1. The van der Waals surface area contributed by atoms with Crippen LogP contribution in [-0.2, 0) is 11.2 Å². The minimum Gasteiger partial charge on any atom is -0.324 e. The van der Waals surface area contributed by atoms with Crippen LogP contribution in [0.2, 0.25) is 0 Å². The van der Waals surface area contributed by atoms with Crippen molar-refractivity contribution in [3.63, 3.8) is 0 Å². The molecule has 2 aromatic carbocycles. The predicted molar refractivity (Wildman–Crippen MR) is 82.1 cm³/mol. The van der Waals surface area contributed by atoms with Gasteiger partial charge in [-0.25, -0.2) is 8.78 Å². The molecule has 5 heteroatoms. The summed E-state index contributed by atoms with van der Waals surface area (Å²) in [6, 6.07) is 11.7. The first-order valence-corrected chi connectivity index (χ1v) is 7.34. The molecule has 1 amide bonds. The molecule has 0 atom stereocenters. The third kappa shape index (κ3) is 4.63. The van der Waals surface area contributed by atoms with Crippen LogP contribution in [0.4, 0.5) is 14.5 Å². The Kier molecular flexibility index (Phi) is 5.44. The second-order valence-corrected chi connectivity index (χ2v) is 5.49. The predicted octanol–water partition coefficient (Wildman–Crippen LogP) is 4.69. The van der Waals surface area contributed by atoms with Crippen LogP contribution >= 0.6 is 15.9 Å². The van der Waals surface area contributed by atoms with Crippen LogP contribution in [0.5, 0.6) is 0 Å². The quantitative estimate of drug-likeness (QED) is 0.776. The Balaban J connectivity index is 1.86. The summed E-state index contributed by atoms with van der Waals surface area (Å²) in [6.07, 6.45) is 1.67. The SMILES string of the molecule is O=C(CCCc1ccccc1)Nc1cc(F)c(Br)cc1F. The largest absolute Gasteiger partial charge is 0.324 e. The molecule has 2 aromatic rings. The molecular formula is C16H14BrF2NO. The second kappa shape index (κ2) is 7.31. The van der Waals surface area contributed by atoms with E-state index in [4.69, 9.17) is 0 Å². The lowest BCUT2D eigenvalue weighted by Gasteiger charge is -2.07. The van der Waals surface area contributed by atoms with E-state index in [1.807, 2.05) is 30.3 Å². The molecule has 0 aliphatic rings. The first-order chi connectivity index (χ1) is 10.1. The summed E-state index contributed by atoms with van der Waals surface area (Å²) in [4.78, 5) is 11.7. The van der Waals surface area contributed by atoms with E-state index in [1.165, 1.54) is 0 Å². The van der Waals surface area contributed by atoms with Crippen LogP contribution in [-0.4, -0.2) is 5.91 Å². The number of hydrogen-bond acceptors (Lipinski definition) is 1. The maximum Gasteiger partial charge on any atom is 0.224 e. The number of halogens is 3. The molecule has 0 aliphatic heterocycles. The van der Waals surface area contributed by atoms with Crippen molar-refractivity contribution in [2.45, 2.75) is 19.3 Å². The van der Waals surface area contributed by atoms with Gasteiger partial charge in [0.05, 0.1) is 10.2 Å². The van der Waals surface area contributed by atoms with E-state index < -0.39 is 11.6 Å². The van der Waals surface area contributed by atoms with Crippen molar-refractivity contribution in [3.8, 4) is 0 Å². The van der Waals surface area contributed by atoms with Gasteiger partial charge in [0.25, 0.3) is 0 Å². The Hall–Kier alpha value is -1.75. The topological polar surface area (TPSA) is 29.1 Å². The van der Waals surface area contributed by atoms with E-state index in [9.17, 15) is 13.6 Å². The molecule has 2 rings (SSSR count). The number of rotatable bonds is 5. The minimum atomic E-state index is -0.667. The highest BCUT2D eigenvalue weighted by molar-refractivity contribution is 9.10. The molecule has 0 fully saturated rings. The van der Waals surface area contributed by atoms with Gasteiger partial charge in [0, 0.05) is 12.5 Å². The lowest BCUT2D eigenvalue weighted by atomic mass is 10.1. The highest BCUT2D eigenvalue weighted by Crippen LogP contribution is 2.23. The van der Waals surface area contributed by atoms with E-state index in [-0.39, 0.29) is 22.5 Å². The smallest absolute Gasteiger partial charge is 0.224 e. The number of amides is 1. The van der Waals surface area contributed by atoms with Gasteiger partial charge < -0.3 is 5.32 Å². The summed E-state index contributed by atoms with van der Waals surface area (Å²) < 4.78 is 26.9. The summed E-state index contributed by atoms with van der Waals surface area (Å²) in [7, 11) is 0. The van der Waals surface area contributed by atoms with Crippen molar-refractivity contribution in [1.82, 2.24) is 0 Å². The molecular weight excluding hydrogens is 340 g/mol. The molecule has 0 spiro atoms. The standard InChI is InChI=1S/C16H14BrF2NO/c17-12-9-14(19)15(10-13(12)18)20-16(21)8-4-7-11-5-2-1-3-6-11/h1-3,5-6,9-10H,4,7-8H2,(H,20,21). The second-order valence-electron chi connectivity index (χ2n) is 4.63. The molecule has 0 aliphatic carbocycles. The van der Waals surface area contributed by atoms with Crippen LogP contribution in [0.1, 0.15) is 18.4 Å². The number of carbonyl (C=O) groups excluding carboxylic acids is 1. The van der Waals surface area contributed by atoms with Crippen LogP contribution in [0.15, 0.2) is 46.9 Å². The van der Waals surface area contributed by atoms with Crippen molar-refractivity contribution < 1.29 is 13.6 Å². The number of nitrogens with one attached hydrogen (secondary N) is 1. The summed E-state index contributed by atoms with van der Waals surface area (Å²) in [6.45, 7) is 0. The fourth-order valence-electron chi connectivity index (χ4n) is 1.93. The number of benzene rings is 2. The molecule has 0 heterocycles. The first-order valence-electron chi connectivity index (χ1n) is 6.54. The minimum absolute atomic E-state index is 0.0297. The third-order valence-electron chi connectivity index (χ3n) is 3.00. The third-order valence-corrected chi connectivity index (χ3v) is 3.60. The molecule has 110 valence electrons. The Morgan fingerprint density at radius 1 is 1.10 bits per heavy atom. The monoisotopic (exact) mass is 353 g/mol. The van der Waals surface area contributed by atoms with Crippen LogP contribution in [0.25, 0.3) is 0 Å². The van der Waals surface area contributed by atoms with Crippen molar-refractivity contribution >= 4 is 27.5 Å². The van der Waals surface area contributed by atoms with Gasteiger partial charge in [-0.3, -0.25) is 4.79 Å². The van der Waals surface area contributed by atoms with Crippen molar-refractivity contribution in [2.24, 2.45) is 0 Å².